The van der Waals surface area contributed by atoms with Crippen molar-refractivity contribution in [3.05, 3.63) is 35.6 Å². The molecule has 2 atom stereocenters. The fourth-order valence-corrected chi connectivity index (χ4v) is 2.20. The van der Waals surface area contributed by atoms with Gasteiger partial charge in [0.15, 0.2) is 0 Å². The lowest BCUT2D eigenvalue weighted by Gasteiger charge is -2.34. The first-order valence-corrected chi connectivity index (χ1v) is 6.46. The van der Waals surface area contributed by atoms with E-state index in [9.17, 15) is 9.50 Å². The Hall–Kier alpha value is -0.970. The average molecular weight is 253 g/mol. The highest BCUT2D eigenvalue weighted by atomic mass is 19.1. The zero-order valence-electron chi connectivity index (χ0n) is 10.7. The van der Waals surface area contributed by atoms with Crippen LogP contribution in [-0.4, -0.2) is 42.4 Å². The number of β-amino-alcohol motifs (C(OH)–C–C–N with tert-alkyl or cyclic N) is 1. The monoisotopic (exact) mass is 253 g/mol. The van der Waals surface area contributed by atoms with Crippen molar-refractivity contribution in [2.45, 2.75) is 25.6 Å². The van der Waals surface area contributed by atoms with Crippen LogP contribution in [0.25, 0.3) is 0 Å². The number of morpholine rings is 1. The van der Waals surface area contributed by atoms with Crippen LogP contribution in [0.1, 0.15) is 25.0 Å². The van der Waals surface area contributed by atoms with Crippen molar-refractivity contribution < 1.29 is 14.2 Å². The molecule has 2 rings (SSSR count). The van der Waals surface area contributed by atoms with Crippen LogP contribution in [0.2, 0.25) is 0 Å². The minimum atomic E-state index is -0.295. The van der Waals surface area contributed by atoms with Crippen molar-refractivity contribution >= 4 is 0 Å². The van der Waals surface area contributed by atoms with Crippen LogP contribution < -0.4 is 0 Å². The van der Waals surface area contributed by atoms with E-state index in [1.807, 2.05) is 13.0 Å². The summed E-state index contributed by atoms with van der Waals surface area (Å²) in [5.74, 6) is -0.234. The summed E-state index contributed by atoms with van der Waals surface area (Å²) < 4.78 is 18.8. The van der Waals surface area contributed by atoms with Crippen molar-refractivity contribution in [3.8, 4) is 0 Å². The van der Waals surface area contributed by atoms with E-state index in [-0.39, 0.29) is 18.0 Å². The van der Waals surface area contributed by atoms with Gasteiger partial charge < -0.3 is 9.84 Å². The number of ether oxygens (including phenoxy) is 1. The van der Waals surface area contributed by atoms with Crippen molar-refractivity contribution in [2.75, 3.05) is 26.2 Å². The molecule has 2 unspecified atom stereocenters. The van der Waals surface area contributed by atoms with Gasteiger partial charge in [0.2, 0.25) is 0 Å². The van der Waals surface area contributed by atoms with Gasteiger partial charge in [-0.1, -0.05) is 19.1 Å². The Morgan fingerprint density at radius 3 is 3.11 bits per heavy atom. The van der Waals surface area contributed by atoms with Gasteiger partial charge in [-0.2, -0.15) is 0 Å². The lowest BCUT2D eigenvalue weighted by atomic mass is 10.1. The number of nitrogens with zero attached hydrogens (tertiary/aromatic N) is 1. The molecule has 0 saturated carbocycles. The average Bonchev–Trinajstić information content (AvgIpc) is 2.39. The summed E-state index contributed by atoms with van der Waals surface area (Å²) in [6.45, 7) is 4.78. The number of rotatable bonds is 4. The summed E-state index contributed by atoms with van der Waals surface area (Å²) >= 11 is 0. The molecule has 1 fully saturated rings. The topological polar surface area (TPSA) is 32.7 Å². The van der Waals surface area contributed by atoms with E-state index < -0.39 is 0 Å². The zero-order chi connectivity index (χ0) is 13.0. The van der Waals surface area contributed by atoms with Gasteiger partial charge in [0.25, 0.3) is 0 Å². The Morgan fingerprint density at radius 2 is 2.39 bits per heavy atom. The lowest BCUT2D eigenvalue weighted by Crippen LogP contribution is -2.42. The summed E-state index contributed by atoms with van der Waals surface area (Å²) in [5, 5.41) is 9.67. The quantitative estimate of drug-likeness (QED) is 0.890. The molecule has 1 aromatic rings. The van der Waals surface area contributed by atoms with E-state index in [1.165, 1.54) is 12.1 Å². The van der Waals surface area contributed by atoms with Gasteiger partial charge >= 0.3 is 0 Å². The molecule has 0 aromatic heterocycles. The van der Waals surface area contributed by atoms with Crippen LogP contribution in [0.15, 0.2) is 24.3 Å². The van der Waals surface area contributed by atoms with Gasteiger partial charge in [0.05, 0.1) is 18.8 Å². The third-order valence-corrected chi connectivity index (χ3v) is 3.31. The minimum Gasteiger partial charge on any atom is -0.392 e. The molecule has 100 valence electrons. The normalized spacial score (nSPS) is 22.9. The van der Waals surface area contributed by atoms with Crippen molar-refractivity contribution in [1.29, 1.82) is 0 Å². The predicted molar refractivity (Wildman–Crippen MR) is 67.8 cm³/mol. The molecular formula is C14H20FNO2. The molecule has 1 saturated heterocycles. The Labute approximate surface area is 107 Å². The fraction of sp³-hybridized carbons (Fsp3) is 0.571. The second-order valence-electron chi connectivity index (χ2n) is 4.74. The van der Waals surface area contributed by atoms with Gasteiger partial charge in [0.1, 0.15) is 5.82 Å². The Balaban J connectivity index is 1.98. The number of aliphatic hydroxyl groups excluding tert-OH is 1. The SMILES string of the molecule is CCC(O)CN1CCOC(c2cccc(F)c2)C1. The number of halogens is 1. The smallest absolute Gasteiger partial charge is 0.123 e. The van der Waals surface area contributed by atoms with Gasteiger partial charge in [-0.3, -0.25) is 4.90 Å². The van der Waals surface area contributed by atoms with Gasteiger partial charge in [-0.15, -0.1) is 0 Å². The Bertz CT molecular complexity index is 386. The van der Waals surface area contributed by atoms with Crippen LogP contribution in [0.5, 0.6) is 0 Å². The van der Waals surface area contributed by atoms with Crippen LogP contribution in [0.4, 0.5) is 4.39 Å². The third kappa shape index (κ3) is 3.51. The molecule has 0 radical (unpaired) electrons. The van der Waals surface area contributed by atoms with E-state index in [4.69, 9.17) is 4.74 Å². The largest absolute Gasteiger partial charge is 0.392 e. The summed E-state index contributed by atoms with van der Waals surface area (Å²) in [6.07, 6.45) is 0.358. The number of aliphatic hydroxyl groups is 1. The first kappa shape index (κ1) is 13.5. The highest BCUT2D eigenvalue weighted by Gasteiger charge is 2.23. The van der Waals surface area contributed by atoms with E-state index >= 15 is 0 Å². The molecule has 1 aliphatic heterocycles. The molecule has 1 aliphatic rings. The number of hydrogen-bond acceptors (Lipinski definition) is 3. The molecule has 0 spiro atoms. The zero-order valence-corrected chi connectivity index (χ0v) is 10.7. The summed E-state index contributed by atoms with van der Waals surface area (Å²) in [4.78, 5) is 2.17. The lowest BCUT2D eigenvalue weighted by molar-refractivity contribution is -0.0423. The van der Waals surface area contributed by atoms with E-state index in [2.05, 4.69) is 4.90 Å². The summed E-state index contributed by atoms with van der Waals surface area (Å²) in [6, 6.07) is 6.54. The summed E-state index contributed by atoms with van der Waals surface area (Å²) in [7, 11) is 0. The molecule has 1 heterocycles. The highest BCUT2D eigenvalue weighted by molar-refractivity contribution is 5.19. The molecule has 0 aliphatic carbocycles. The first-order valence-electron chi connectivity index (χ1n) is 6.46. The van der Waals surface area contributed by atoms with Crippen LogP contribution in [-0.2, 0) is 4.74 Å². The standard InChI is InChI=1S/C14H20FNO2/c1-2-13(17)9-16-6-7-18-14(10-16)11-4-3-5-12(15)8-11/h3-5,8,13-14,17H,2,6-7,9-10H2,1H3. The molecule has 0 bridgehead atoms. The minimum absolute atomic E-state index is 0.0986. The fourth-order valence-electron chi connectivity index (χ4n) is 2.20. The van der Waals surface area contributed by atoms with Crippen LogP contribution in [0, 0.1) is 5.82 Å². The van der Waals surface area contributed by atoms with E-state index in [1.54, 1.807) is 6.07 Å². The van der Waals surface area contributed by atoms with Crippen LogP contribution >= 0.6 is 0 Å². The summed E-state index contributed by atoms with van der Waals surface area (Å²) in [5.41, 5.74) is 0.866. The van der Waals surface area contributed by atoms with Crippen molar-refractivity contribution in [2.24, 2.45) is 0 Å². The molecule has 3 nitrogen and oxygen atoms in total. The van der Waals surface area contributed by atoms with Gasteiger partial charge in [0, 0.05) is 19.6 Å². The molecule has 1 aromatic carbocycles. The maximum absolute atomic E-state index is 13.2. The molecule has 1 N–H and O–H groups in total. The third-order valence-electron chi connectivity index (χ3n) is 3.31. The van der Waals surface area contributed by atoms with Gasteiger partial charge in [-0.05, 0) is 24.1 Å². The first-order chi connectivity index (χ1) is 8.69. The van der Waals surface area contributed by atoms with E-state index in [0.717, 1.165) is 18.5 Å². The van der Waals surface area contributed by atoms with Crippen molar-refractivity contribution in [1.82, 2.24) is 4.90 Å². The number of hydrogen-bond donors (Lipinski definition) is 1. The molecule has 4 heteroatoms. The molecular weight excluding hydrogens is 233 g/mol. The maximum Gasteiger partial charge on any atom is 0.123 e. The molecule has 0 amide bonds. The highest BCUT2D eigenvalue weighted by Crippen LogP contribution is 2.22. The second kappa shape index (κ2) is 6.27. The Morgan fingerprint density at radius 1 is 1.56 bits per heavy atom. The Kier molecular flexibility index (Phi) is 4.69. The van der Waals surface area contributed by atoms with E-state index in [0.29, 0.717) is 19.7 Å². The van der Waals surface area contributed by atoms with Crippen molar-refractivity contribution in [3.63, 3.8) is 0 Å². The number of benzene rings is 1. The van der Waals surface area contributed by atoms with Gasteiger partial charge in [-0.25, -0.2) is 4.39 Å². The molecule has 18 heavy (non-hydrogen) atoms. The van der Waals surface area contributed by atoms with Crippen LogP contribution in [0.3, 0.4) is 0 Å². The predicted octanol–water partition coefficient (Wildman–Crippen LogP) is 1.97. The second-order valence-corrected chi connectivity index (χ2v) is 4.74. The maximum atomic E-state index is 13.2.